The molecule has 0 radical (unpaired) electrons. The number of carbonyl (C=O) groups is 1. The lowest BCUT2D eigenvalue weighted by Crippen LogP contribution is -2.49. The average Bonchev–Trinajstić information content (AvgIpc) is 2.84. The SMILES string of the molecule is COC(=O)[C@H]1[C@H](c2cccc(F)c2)c2c([nH][nH]c2=O)C[C@@]1(C)O. The molecule has 3 atom stereocenters. The van der Waals surface area contributed by atoms with Crippen molar-refractivity contribution in [3.05, 3.63) is 57.3 Å². The fourth-order valence-electron chi connectivity index (χ4n) is 3.44. The van der Waals surface area contributed by atoms with Crippen molar-refractivity contribution >= 4 is 5.97 Å². The molecule has 0 saturated heterocycles. The highest BCUT2D eigenvalue weighted by molar-refractivity contribution is 5.77. The number of nitrogens with one attached hydrogen (secondary N) is 2. The molecule has 23 heavy (non-hydrogen) atoms. The number of H-pyrrole nitrogens is 2. The van der Waals surface area contributed by atoms with E-state index in [4.69, 9.17) is 4.74 Å². The van der Waals surface area contributed by atoms with E-state index in [1.54, 1.807) is 6.07 Å². The van der Waals surface area contributed by atoms with Gasteiger partial charge in [0.25, 0.3) is 5.56 Å². The molecule has 0 amide bonds. The van der Waals surface area contributed by atoms with Gasteiger partial charge in [0.2, 0.25) is 0 Å². The van der Waals surface area contributed by atoms with Gasteiger partial charge in [0.1, 0.15) is 5.82 Å². The molecule has 3 N–H and O–H groups in total. The van der Waals surface area contributed by atoms with Crippen LogP contribution in [0.3, 0.4) is 0 Å². The van der Waals surface area contributed by atoms with Gasteiger partial charge in [-0.1, -0.05) is 12.1 Å². The zero-order chi connectivity index (χ0) is 16.8. The maximum Gasteiger partial charge on any atom is 0.312 e. The Morgan fingerprint density at radius 3 is 2.83 bits per heavy atom. The Balaban J connectivity index is 2.26. The van der Waals surface area contributed by atoms with Gasteiger partial charge in [0, 0.05) is 23.6 Å². The summed E-state index contributed by atoms with van der Waals surface area (Å²) in [6.45, 7) is 1.51. The van der Waals surface area contributed by atoms with Gasteiger partial charge < -0.3 is 14.9 Å². The number of aromatic nitrogens is 2. The molecular formula is C16H17FN2O4. The van der Waals surface area contributed by atoms with Crippen molar-refractivity contribution in [1.29, 1.82) is 0 Å². The molecule has 1 aromatic carbocycles. The van der Waals surface area contributed by atoms with E-state index in [1.165, 1.54) is 32.2 Å². The third-order valence-electron chi connectivity index (χ3n) is 4.41. The first-order chi connectivity index (χ1) is 10.8. The van der Waals surface area contributed by atoms with Crippen molar-refractivity contribution < 1.29 is 19.0 Å². The Bertz CT molecular complexity index is 808. The molecule has 6 nitrogen and oxygen atoms in total. The summed E-state index contributed by atoms with van der Waals surface area (Å²) >= 11 is 0. The Labute approximate surface area is 131 Å². The molecule has 7 heteroatoms. The Hall–Kier alpha value is -2.41. The first kappa shape index (κ1) is 15.5. The molecule has 2 aromatic rings. The second-order valence-corrected chi connectivity index (χ2v) is 6.04. The highest BCUT2D eigenvalue weighted by Gasteiger charge is 2.51. The van der Waals surface area contributed by atoms with Gasteiger partial charge in [-0.25, -0.2) is 4.39 Å². The number of aliphatic hydroxyl groups is 1. The lowest BCUT2D eigenvalue weighted by molar-refractivity contribution is -0.156. The summed E-state index contributed by atoms with van der Waals surface area (Å²) in [7, 11) is 1.22. The first-order valence-electron chi connectivity index (χ1n) is 7.20. The second kappa shape index (κ2) is 5.34. The van der Waals surface area contributed by atoms with E-state index in [1.807, 2.05) is 0 Å². The number of halogens is 1. The molecule has 0 fully saturated rings. The minimum Gasteiger partial charge on any atom is -0.469 e. The summed E-state index contributed by atoms with van der Waals surface area (Å²) in [5.41, 5.74) is -0.556. The molecule has 1 aromatic heterocycles. The van der Waals surface area contributed by atoms with Crippen LogP contribution in [0.25, 0.3) is 0 Å². The average molecular weight is 320 g/mol. The molecular weight excluding hydrogens is 303 g/mol. The molecule has 0 bridgehead atoms. The van der Waals surface area contributed by atoms with Crippen LogP contribution in [0.2, 0.25) is 0 Å². The Kier molecular flexibility index (Phi) is 3.60. The van der Waals surface area contributed by atoms with Gasteiger partial charge in [-0.05, 0) is 24.6 Å². The van der Waals surface area contributed by atoms with Gasteiger partial charge in [0.05, 0.1) is 18.6 Å². The number of rotatable bonds is 2. The van der Waals surface area contributed by atoms with Crippen molar-refractivity contribution in [2.75, 3.05) is 7.11 Å². The molecule has 3 rings (SSSR count). The summed E-state index contributed by atoms with van der Waals surface area (Å²) in [6.07, 6.45) is 0.0899. The van der Waals surface area contributed by atoms with E-state index in [0.29, 0.717) is 16.8 Å². The minimum absolute atomic E-state index is 0.0899. The van der Waals surface area contributed by atoms with Gasteiger partial charge >= 0.3 is 5.97 Å². The van der Waals surface area contributed by atoms with Crippen LogP contribution in [0, 0.1) is 11.7 Å². The molecule has 0 saturated carbocycles. The molecule has 1 aliphatic carbocycles. The second-order valence-electron chi connectivity index (χ2n) is 6.04. The van der Waals surface area contributed by atoms with Crippen LogP contribution in [-0.4, -0.2) is 34.0 Å². The van der Waals surface area contributed by atoms with Gasteiger partial charge in [-0.3, -0.25) is 14.7 Å². The fourth-order valence-corrected chi connectivity index (χ4v) is 3.44. The van der Waals surface area contributed by atoms with Crippen LogP contribution in [0.15, 0.2) is 29.1 Å². The predicted octanol–water partition coefficient (Wildman–Crippen LogP) is 1.07. The monoisotopic (exact) mass is 320 g/mol. The molecule has 1 heterocycles. The van der Waals surface area contributed by atoms with Crippen LogP contribution in [0.1, 0.15) is 29.7 Å². The maximum absolute atomic E-state index is 13.7. The van der Waals surface area contributed by atoms with Crippen LogP contribution in [0.4, 0.5) is 4.39 Å². The lowest BCUT2D eigenvalue weighted by atomic mass is 9.66. The van der Waals surface area contributed by atoms with E-state index in [-0.39, 0.29) is 6.42 Å². The van der Waals surface area contributed by atoms with Crippen LogP contribution >= 0.6 is 0 Å². The third kappa shape index (κ3) is 2.46. The number of esters is 1. The van der Waals surface area contributed by atoms with E-state index in [0.717, 1.165) is 0 Å². The number of hydrogen-bond acceptors (Lipinski definition) is 4. The Morgan fingerprint density at radius 1 is 1.43 bits per heavy atom. The summed E-state index contributed by atoms with van der Waals surface area (Å²) in [5.74, 6) is -2.94. The topological polar surface area (TPSA) is 95.2 Å². The van der Waals surface area contributed by atoms with Crippen molar-refractivity contribution in [3.63, 3.8) is 0 Å². The molecule has 1 aliphatic rings. The lowest BCUT2D eigenvalue weighted by Gasteiger charge is -2.40. The smallest absolute Gasteiger partial charge is 0.312 e. The summed E-state index contributed by atoms with van der Waals surface area (Å²) in [5, 5.41) is 16.0. The quantitative estimate of drug-likeness (QED) is 0.721. The number of hydrogen-bond donors (Lipinski definition) is 3. The zero-order valence-electron chi connectivity index (χ0n) is 12.7. The number of fused-ring (bicyclic) bond motifs is 1. The molecule has 0 aliphatic heterocycles. The molecule has 0 unspecified atom stereocenters. The van der Waals surface area contributed by atoms with Crippen LogP contribution in [0.5, 0.6) is 0 Å². The zero-order valence-corrected chi connectivity index (χ0v) is 12.7. The number of benzene rings is 1. The Morgan fingerprint density at radius 2 is 2.17 bits per heavy atom. The van der Waals surface area contributed by atoms with Crippen molar-refractivity contribution in [2.24, 2.45) is 5.92 Å². The third-order valence-corrected chi connectivity index (χ3v) is 4.41. The first-order valence-corrected chi connectivity index (χ1v) is 7.20. The van der Waals surface area contributed by atoms with Crippen LogP contribution < -0.4 is 5.56 Å². The predicted molar refractivity (Wildman–Crippen MR) is 79.5 cm³/mol. The standard InChI is InChI=1S/C16H17FN2O4/c1-16(22)7-10-12(14(20)19-18-10)11(13(16)15(21)23-2)8-4-3-5-9(17)6-8/h3-6,11,13,22H,7H2,1-2H3,(H2,18,19,20)/t11-,13-,16-/m1/s1. The van der Waals surface area contributed by atoms with Gasteiger partial charge in [0.15, 0.2) is 0 Å². The van der Waals surface area contributed by atoms with E-state index < -0.39 is 34.8 Å². The minimum atomic E-state index is -1.44. The largest absolute Gasteiger partial charge is 0.469 e. The van der Waals surface area contributed by atoms with Gasteiger partial charge in [-0.2, -0.15) is 0 Å². The molecule has 122 valence electrons. The summed E-state index contributed by atoms with van der Waals surface area (Å²) in [6, 6.07) is 5.67. The highest BCUT2D eigenvalue weighted by Crippen LogP contribution is 2.44. The number of methoxy groups -OCH3 is 1. The summed E-state index contributed by atoms with van der Waals surface area (Å²) in [4.78, 5) is 24.5. The normalized spacial score (nSPS) is 26.6. The van der Waals surface area contributed by atoms with E-state index in [9.17, 15) is 19.1 Å². The molecule has 0 spiro atoms. The van der Waals surface area contributed by atoms with Crippen molar-refractivity contribution in [1.82, 2.24) is 10.2 Å². The van der Waals surface area contributed by atoms with Gasteiger partial charge in [-0.15, -0.1) is 0 Å². The van der Waals surface area contributed by atoms with E-state index in [2.05, 4.69) is 10.2 Å². The summed E-state index contributed by atoms with van der Waals surface area (Å²) < 4.78 is 18.5. The van der Waals surface area contributed by atoms with Crippen molar-refractivity contribution in [3.8, 4) is 0 Å². The van der Waals surface area contributed by atoms with E-state index >= 15 is 0 Å². The highest BCUT2D eigenvalue weighted by atomic mass is 19.1. The number of ether oxygens (including phenoxy) is 1. The fraction of sp³-hybridized carbons (Fsp3) is 0.375. The number of aromatic amines is 2. The van der Waals surface area contributed by atoms with Crippen molar-refractivity contribution in [2.45, 2.75) is 24.9 Å². The number of carbonyl (C=O) groups excluding carboxylic acids is 1. The maximum atomic E-state index is 13.7. The van der Waals surface area contributed by atoms with Crippen LogP contribution in [-0.2, 0) is 16.0 Å².